The van der Waals surface area contributed by atoms with Crippen LogP contribution >= 0.6 is 0 Å². The monoisotopic (exact) mass is 352 g/mol. The molecule has 3 atom stereocenters. The molecule has 3 aliphatic rings. The first-order valence-electron chi connectivity index (χ1n) is 8.31. The zero-order valence-electron chi connectivity index (χ0n) is 13.7. The zero-order valence-corrected chi connectivity index (χ0v) is 13.7. The van der Waals surface area contributed by atoms with Crippen LogP contribution in [0.4, 0.5) is 17.6 Å². The standard InChI is InChI=1S/C18H16F4N2O/c1-16-8-17(16)6-5-10(16)13-14(17)23(2)24(15(13)25)12-7-9(18(20,21)22)3-4-11(12)19/h3-4,7,10H,5-6,8H2,1-2H3/t10-,16?,17-/m1/s1. The average Bonchev–Trinajstić information content (AvgIpc) is 2.77. The highest BCUT2D eigenvalue weighted by Crippen LogP contribution is 2.83. The van der Waals surface area contributed by atoms with Crippen molar-refractivity contribution in [2.24, 2.45) is 12.5 Å². The first-order valence-corrected chi connectivity index (χ1v) is 8.31. The van der Waals surface area contributed by atoms with Gasteiger partial charge in [-0.2, -0.15) is 13.2 Å². The lowest BCUT2D eigenvalue weighted by Gasteiger charge is -2.19. The summed E-state index contributed by atoms with van der Waals surface area (Å²) in [4.78, 5) is 13.0. The highest BCUT2D eigenvalue weighted by molar-refractivity contribution is 5.55. The molecule has 25 heavy (non-hydrogen) atoms. The van der Waals surface area contributed by atoms with E-state index < -0.39 is 17.6 Å². The molecule has 0 amide bonds. The number of hydrogen-bond donors (Lipinski definition) is 0. The number of hydrogen-bond acceptors (Lipinski definition) is 1. The Morgan fingerprint density at radius 3 is 2.60 bits per heavy atom. The van der Waals surface area contributed by atoms with E-state index in [1.54, 1.807) is 11.7 Å². The van der Waals surface area contributed by atoms with E-state index in [0.717, 1.165) is 41.8 Å². The summed E-state index contributed by atoms with van der Waals surface area (Å²) >= 11 is 0. The van der Waals surface area contributed by atoms with Crippen molar-refractivity contribution < 1.29 is 17.6 Å². The molecular formula is C18H16F4N2O. The molecule has 0 aliphatic heterocycles. The van der Waals surface area contributed by atoms with Gasteiger partial charge >= 0.3 is 6.18 Å². The van der Waals surface area contributed by atoms with Crippen molar-refractivity contribution in [2.75, 3.05) is 0 Å². The number of halogens is 4. The van der Waals surface area contributed by atoms with Crippen molar-refractivity contribution in [3.8, 4) is 5.69 Å². The lowest BCUT2D eigenvalue weighted by molar-refractivity contribution is -0.137. The van der Waals surface area contributed by atoms with Crippen LogP contribution in [0.1, 0.15) is 48.9 Å². The molecule has 1 aromatic carbocycles. The van der Waals surface area contributed by atoms with Crippen LogP contribution in [0.25, 0.3) is 5.69 Å². The summed E-state index contributed by atoms with van der Waals surface area (Å²) in [6.07, 6.45) is -1.68. The topological polar surface area (TPSA) is 26.9 Å². The van der Waals surface area contributed by atoms with E-state index in [9.17, 15) is 22.4 Å². The van der Waals surface area contributed by atoms with E-state index in [-0.39, 0.29) is 28.0 Å². The maximum Gasteiger partial charge on any atom is 0.416 e. The van der Waals surface area contributed by atoms with Gasteiger partial charge in [0.15, 0.2) is 0 Å². The van der Waals surface area contributed by atoms with E-state index in [1.807, 2.05) is 0 Å². The molecule has 5 rings (SSSR count). The van der Waals surface area contributed by atoms with E-state index >= 15 is 0 Å². The molecule has 1 aromatic heterocycles. The molecule has 3 aliphatic carbocycles. The minimum absolute atomic E-state index is 0.0513. The third-order valence-corrected chi connectivity index (χ3v) is 6.87. The molecule has 3 nitrogen and oxygen atoms in total. The van der Waals surface area contributed by atoms with Crippen LogP contribution in [-0.4, -0.2) is 9.36 Å². The molecule has 2 saturated carbocycles. The minimum atomic E-state index is -4.59. The van der Waals surface area contributed by atoms with Crippen LogP contribution in [0.2, 0.25) is 0 Å². The van der Waals surface area contributed by atoms with Gasteiger partial charge in [-0.25, -0.2) is 9.07 Å². The smallest absolute Gasteiger partial charge is 0.284 e. The van der Waals surface area contributed by atoms with Crippen LogP contribution in [0.3, 0.4) is 0 Å². The SMILES string of the molecule is Cn1c2c(c(=O)n1-c1cc(C(F)(F)F)ccc1F)[C@H]1CC[C@@]23CC13C. The number of aromatic nitrogens is 2. The quantitative estimate of drug-likeness (QED) is 0.716. The second-order valence-electron chi connectivity index (χ2n) is 7.83. The molecule has 0 saturated heterocycles. The van der Waals surface area contributed by atoms with Crippen LogP contribution in [0.15, 0.2) is 23.0 Å². The van der Waals surface area contributed by atoms with E-state index in [0.29, 0.717) is 11.6 Å². The van der Waals surface area contributed by atoms with Gasteiger partial charge in [-0.05, 0) is 48.8 Å². The molecule has 2 bridgehead atoms. The molecule has 1 heterocycles. The van der Waals surface area contributed by atoms with E-state index in [1.165, 1.54) is 0 Å². The Labute approximate surface area is 140 Å². The maximum absolute atomic E-state index is 14.3. The number of alkyl halides is 3. The third kappa shape index (κ3) is 1.51. The molecule has 2 aromatic rings. The van der Waals surface area contributed by atoms with Gasteiger partial charge in [-0.3, -0.25) is 9.48 Å². The maximum atomic E-state index is 14.3. The first kappa shape index (κ1) is 15.2. The molecule has 0 spiro atoms. The number of fused-ring (bicyclic) bond motifs is 2. The molecule has 2 fully saturated rings. The largest absolute Gasteiger partial charge is 0.416 e. The predicted molar refractivity (Wildman–Crippen MR) is 82.3 cm³/mol. The Hall–Kier alpha value is -2.05. The number of rotatable bonds is 1. The summed E-state index contributed by atoms with van der Waals surface area (Å²) in [6, 6.07) is 2.19. The fourth-order valence-electron chi connectivity index (χ4n) is 5.69. The molecule has 7 heteroatoms. The van der Waals surface area contributed by atoms with Gasteiger partial charge in [-0.1, -0.05) is 6.92 Å². The summed E-state index contributed by atoms with van der Waals surface area (Å²) in [5, 5.41) is 0. The molecular weight excluding hydrogens is 336 g/mol. The second kappa shape index (κ2) is 4.02. The highest BCUT2D eigenvalue weighted by Gasteiger charge is 2.78. The van der Waals surface area contributed by atoms with E-state index in [2.05, 4.69) is 6.92 Å². The van der Waals surface area contributed by atoms with Crippen molar-refractivity contribution in [3.05, 3.63) is 51.2 Å². The second-order valence-corrected chi connectivity index (χ2v) is 7.83. The van der Waals surface area contributed by atoms with Crippen LogP contribution in [-0.2, 0) is 18.6 Å². The van der Waals surface area contributed by atoms with Crippen LogP contribution in [0.5, 0.6) is 0 Å². The van der Waals surface area contributed by atoms with Gasteiger partial charge in [0.05, 0.1) is 11.3 Å². The van der Waals surface area contributed by atoms with Crippen molar-refractivity contribution in [3.63, 3.8) is 0 Å². The molecule has 1 unspecified atom stereocenters. The summed E-state index contributed by atoms with van der Waals surface area (Å²) in [5.41, 5.74) is -0.0605. The zero-order chi connectivity index (χ0) is 17.9. The average molecular weight is 352 g/mol. The molecule has 0 radical (unpaired) electrons. The Bertz CT molecular complexity index is 998. The first-order chi connectivity index (χ1) is 11.6. The van der Waals surface area contributed by atoms with Crippen molar-refractivity contribution in [1.82, 2.24) is 9.36 Å². The fraction of sp³-hybridized carbons (Fsp3) is 0.500. The minimum Gasteiger partial charge on any atom is -0.284 e. The van der Waals surface area contributed by atoms with Crippen molar-refractivity contribution in [2.45, 2.75) is 43.7 Å². The van der Waals surface area contributed by atoms with Gasteiger partial charge in [0.25, 0.3) is 5.56 Å². The summed E-state index contributed by atoms with van der Waals surface area (Å²) in [7, 11) is 1.65. The Morgan fingerprint density at radius 1 is 1.28 bits per heavy atom. The lowest BCUT2D eigenvalue weighted by Crippen LogP contribution is -2.25. The summed E-state index contributed by atoms with van der Waals surface area (Å²) in [6.45, 7) is 2.18. The van der Waals surface area contributed by atoms with E-state index in [4.69, 9.17) is 0 Å². The van der Waals surface area contributed by atoms with Gasteiger partial charge < -0.3 is 0 Å². The van der Waals surface area contributed by atoms with Gasteiger partial charge in [0.1, 0.15) is 11.5 Å². The predicted octanol–water partition coefficient (Wildman–Crippen LogP) is 3.87. The Balaban J connectivity index is 1.76. The summed E-state index contributed by atoms with van der Waals surface area (Å²) < 4.78 is 56.0. The molecule has 0 N–H and O–H groups in total. The van der Waals surface area contributed by atoms with Crippen LogP contribution in [0, 0.1) is 11.2 Å². The highest BCUT2D eigenvalue weighted by atomic mass is 19.4. The lowest BCUT2D eigenvalue weighted by atomic mass is 9.86. The fourth-order valence-corrected chi connectivity index (χ4v) is 5.69. The number of benzene rings is 1. The van der Waals surface area contributed by atoms with Crippen molar-refractivity contribution in [1.29, 1.82) is 0 Å². The Kier molecular flexibility index (Phi) is 2.45. The normalized spacial score (nSPS) is 32.0. The van der Waals surface area contributed by atoms with Crippen molar-refractivity contribution >= 4 is 0 Å². The Morgan fingerprint density at radius 2 is 2.00 bits per heavy atom. The van der Waals surface area contributed by atoms with Gasteiger partial charge in [0, 0.05) is 18.0 Å². The van der Waals surface area contributed by atoms with Crippen LogP contribution < -0.4 is 5.56 Å². The van der Waals surface area contributed by atoms with Gasteiger partial charge in [0.2, 0.25) is 0 Å². The summed E-state index contributed by atoms with van der Waals surface area (Å²) in [5.74, 6) is -0.700. The number of nitrogens with zero attached hydrogens (tertiary/aromatic N) is 2. The third-order valence-electron chi connectivity index (χ3n) is 6.87. The molecule has 132 valence electrons. The van der Waals surface area contributed by atoms with Gasteiger partial charge in [-0.15, -0.1) is 0 Å².